The summed E-state index contributed by atoms with van der Waals surface area (Å²) in [5, 5.41) is 11.5. The third-order valence-corrected chi connectivity index (χ3v) is 3.54. The van der Waals surface area contributed by atoms with Crippen molar-refractivity contribution in [3.63, 3.8) is 0 Å². The first kappa shape index (κ1) is 19.5. The van der Waals surface area contributed by atoms with Crippen molar-refractivity contribution in [2.24, 2.45) is 5.73 Å². The Kier molecular flexibility index (Phi) is 5.81. The standard InChI is InChI=1S/C17H16N2O8/c1-24-12-8-11(13(19(22)23)15(26-3)14(12)25-2)17(21)27-10-6-4-5-9(7-10)16(18)20/h4-8H,1-3H3,(H2,18,20). The molecule has 10 nitrogen and oxygen atoms in total. The summed E-state index contributed by atoms with van der Waals surface area (Å²) in [6.45, 7) is 0. The Morgan fingerprint density at radius 3 is 2.22 bits per heavy atom. The van der Waals surface area contributed by atoms with Crippen LogP contribution in [0.4, 0.5) is 5.69 Å². The number of methoxy groups -OCH3 is 3. The highest BCUT2D eigenvalue weighted by atomic mass is 16.6. The number of nitro groups is 1. The minimum absolute atomic E-state index is 0.0145. The third-order valence-electron chi connectivity index (χ3n) is 3.54. The summed E-state index contributed by atoms with van der Waals surface area (Å²) in [7, 11) is 3.77. The smallest absolute Gasteiger partial charge is 0.350 e. The fourth-order valence-corrected chi connectivity index (χ4v) is 2.35. The molecular formula is C17H16N2O8. The van der Waals surface area contributed by atoms with Crippen LogP contribution in [0.5, 0.6) is 23.0 Å². The Hall–Kier alpha value is -3.82. The van der Waals surface area contributed by atoms with Crippen LogP contribution in [0.1, 0.15) is 20.7 Å². The SMILES string of the molecule is COc1cc(C(=O)Oc2cccc(C(N)=O)c2)c([N+](=O)[O-])c(OC)c1OC. The predicted octanol–water partition coefficient (Wildman–Crippen LogP) is 1.94. The molecule has 0 aliphatic carbocycles. The van der Waals surface area contributed by atoms with Crippen molar-refractivity contribution < 1.29 is 33.5 Å². The first-order valence-corrected chi connectivity index (χ1v) is 7.43. The highest BCUT2D eigenvalue weighted by Gasteiger charge is 2.33. The molecule has 0 heterocycles. The molecule has 2 aromatic rings. The molecule has 0 fully saturated rings. The quantitative estimate of drug-likeness (QED) is 0.334. The van der Waals surface area contributed by atoms with Crippen molar-refractivity contribution in [1.29, 1.82) is 0 Å². The van der Waals surface area contributed by atoms with Gasteiger partial charge in [0.1, 0.15) is 11.3 Å². The number of nitrogens with zero attached hydrogens (tertiary/aromatic N) is 1. The Labute approximate surface area is 153 Å². The van der Waals surface area contributed by atoms with E-state index >= 15 is 0 Å². The van der Waals surface area contributed by atoms with Gasteiger partial charge in [-0.05, 0) is 18.2 Å². The molecule has 0 radical (unpaired) electrons. The molecule has 0 spiro atoms. The van der Waals surface area contributed by atoms with Gasteiger partial charge in [0.05, 0.1) is 26.3 Å². The summed E-state index contributed by atoms with van der Waals surface area (Å²) >= 11 is 0. The summed E-state index contributed by atoms with van der Waals surface area (Å²) in [5.74, 6) is -2.08. The summed E-state index contributed by atoms with van der Waals surface area (Å²) in [5.41, 5.74) is 4.23. The van der Waals surface area contributed by atoms with E-state index in [-0.39, 0.29) is 28.6 Å². The summed E-state index contributed by atoms with van der Waals surface area (Å²) in [4.78, 5) is 34.5. The molecule has 0 bridgehead atoms. The van der Waals surface area contributed by atoms with Crippen LogP contribution >= 0.6 is 0 Å². The average molecular weight is 376 g/mol. The van der Waals surface area contributed by atoms with Crippen LogP contribution in [0, 0.1) is 10.1 Å². The monoisotopic (exact) mass is 376 g/mol. The number of carbonyl (C=O) groups is 2. The molecule has 0 atom stereocenters. The minimum Gasteiger partial charge on any atom is -0.493 e. The van der Waals surface area contributed by atoms with Crippen LogP contribution in [0.3, 0.4) is 0 Å². The van der Waals surface area contributed by atoms with Crippen LogP contribution in [0.2, 0.25) is 0 Å². The van der Waals surface area contributed by atoms with Gasteiger partial charge in [0, 0.05) is 11.6 Å². The zero-order chi connectivity index (χ0) is 20.1. The molecular weight excluding hydrogens is 360 g/mol. The number of ether oxygens (including phenoxy) is 4. The average Bonchev–Trinajstić information content (AvgIpc) is 2.65. The van der Waals surface area contributed by atoms with Crippen molar-refractivity contribution in [1.82, 2.24) is 0 Å². The lowest BCUT2D eigenvalue weighted by Crippen LogP contribution is -2.14. The number of amides is 1. The number of hydrogen-bond acceptors (Lipinski definition) is 8. The van der Waals surface area contributed by atoms with Crippen molar-refractivity contribution in [2.45, 2.75) is 0 Å². The van der Waals surface area contributed by atoms with Crippen molar-refractivity contribution in [2.75, 3.05) is 21.3 Å². The Balaban J connectivity index is 2.56. The van der Waals surface area contributed by atoms with Gasteiger partial charge in [0.2, 0.25) is 17.4 Å². The van der Waals surface area contributed by atoms with Gasteiger partial charge in [0.15, 0.2) is 5.75 Å². The second-order valence-electron chi connectivity index (χ2n) is 5.08. The number of esters is 1. The molecule has 10 heteroatoms. The molecule has 0 saturated carbocycles. The number of benzene rings is 2. The van der Waals surface area contributed by atoms with E-state index in [4.69, 9.17) is 24.7 Å². The van der Waals surface area contributed by atoms with Crippen LogP contribution in [-0.2, 0) is 0 Å². The predicted molar refractivity (Wildman–Crippen MR) is 92.7 cm³/mol. The largest absolute Gasteiger partial charge is 0.493 e. The number of primary amides is 1. The van der Waals surface area contributed by atoms with E-state index in [2.05, 4.69) is 0 Å². The van der Waals surface area contributed by atoms with E-state index in [9.17, 15) is 19.7 Å². The molecule has 0 aliphatic rings. The maximum absolute atomic E-state index is 12.6. The van der Waals surface area contributed by atoms with Crippen LogP contribution < -0.4 is 24.7 Å². The fraction of sp³-hybridized carbons (Fsp3) is 0.176. The molecule has 0 aliphatic heterocycles. The number of carbonyl (C=O) groups excluding carboxylic acids is 2. The van der Waals surface area contributed by atoms with Gasteiger partial charge < -0.3 is 24.7 Å². The molecule has 0 saturated heterocycles. The van der Waals surface area contributed by atoms with E-state index in [0.717, 1.165) is 6.07 Å². The first-order valence-electron chi connectivity index (χ1n) is 7.43. The van der Waals surface area contributed by atoms with Crippen LogP contribution in [0.25, 0.3) is 0 Å². The van der Waals surface area contributed by atoms with Gasteiger partial charge in [-0.15, -0.1) is 0 Å². The van der Waals surface area contributed by atoms with Gasteiger partial charge in [-0.2, -0.15) is 0 Å². The van der Waals surface area contributed by atoms with Gasteiger partial charge in [-0.3, -0.25) is 14.9 Å². The Morgan fingerprint density at radius 2 is 1.70 bits per heavy atom. The number of nitrogens with two attached hydrogens (primary N) is 1. The Morgan fingerprint density at radius 1 is 1.04 bits per heavy atom. The molecule has 27 heavy (non-hydrogen) atoms. The zero-order valence-corrected chi connectivity index (χ0v) is 14.7. The lowest BCUT2D eigenvalue weighted by Gasteiger charge is -2.14. The van der Waals surface area contributed by atoms with Crippen molar-refractivity contribution >= 4 is 17.6 Å². The number of rotatable bonds is 7. The molecule has 1 amide bonds. The number of nitro benzene ring substituents is 1. The summed E-state index contributed by atoms with van der Waals surface area (Å²) in [6.07, 6.45) is 0. The lowest BCUT2D eigenvalue weighted by molar-refractivity contribution is -0.386. The van der Waals surface area contributed by atoms with Gasteiger partial charge >= 0.3 is 11.7 Å². The maximum Gasteiger partial charge on any atom is 0.350 e. The normalized spacial score (nSPS) is 10.0. The van der Waals surface area contributed by atoms with E-state index in [1.165, 1.54) is 45.6 Å². The fourth-order valence-electron chi connectivity index (χ4n) is 2.35. The Bertz CT molecular complexity index is 910. The van der Waals surface area contributed by atoms with Crippen molar-refractivity contribution in [3.8, 4) is 23.0 Å². The first-order chi connectivity index (χ1) is 12.8. The van der Waals surface area contributed by atoms with Gasteiger partial charge in [-0.1, -0.05) is 6.07 Å². The second-order valence-corrected chi connectivity index (χ2v) is 5.08. The number of hydrogen-bond donors (Lipinski definition) is 1. The molecule has 0 aromatic heterocycles. The molecule has 2 rings (SSSR count). The highest BCUT2D eigenvalue weighted by Crippen LogP contribution is 2.46. The maximum atomic E-state index is 12.6. The van der Waals surface area contributed by atoms with E-state index in [0.29, 0.717) is 0 Å². The molecule has 2 aromatic carbocycles. The zero-order valence-electron chi connectivity index (χ0n) is 14.7. The summed E-state index contributed by atoms with van der Waals surface area (Å²) in [6, 6.07) is 6.63. The molecule has 142 valence electrons. The highest BCUT2D eigenvalue weighted by molar-refractivity contribution is 5.98. The van der Waals surface area contributed by atoms with Crippen LogP contribution in [-0.4, -0.2) is 38.1 Å². The van der Waals surface area contributed by atoms with E-state index in [1.54, 1.807) is 0 Å². The lowest BCUT2D eigenvalue weighted by atomic mass is 10.1. The molecule has 2 N–H and O–H groups in total. The second kappa shape index (κ2) is 8.04. The van der Waals surface area contributed by atoms with E-state index < -0.39 is 28.1 Å². The van der Waals surface area contributed by atoms with Gasteiger partial charge in [-0.25, -0.2) is 4.79 Å². The van der Waals surface area contributed by atoms with Crippen LogP contribution in [0.15, 0.2) is 30.3 Å². The molecule has 0 unspecified atom stereocenters. The minimum atomic E-state index is -1.05. The van der Waals surface area contributed by atoms with E-state index in [1.807, 2.05) is 0 Å². The van der Waals surface area contributed by atoms with Crippen molar-refractivity contribution in [3.05, 3.63) is 51.6 Å². The topological polar surface area (TPSA) is 140 Å². The third kappa shape index (κ3) is 3.89. The summed E-state index contributed by atoms with van der Waals surface area (Å²) < 4.78 is 20.4. The van der Waals surface area contributed by atoms with Gasteiger partial charge in [0.25, 0.3) is 0 Å².